The molecule has 0 aliphatic carbocycles. The Morgan fingerprint density at radius 3 is 2.79 bits per heavy atom. The summed E-state index contributed by atoms with van der Waals surface area (Å²) in [6.45, 7) is 12.6. The lowest BCUT2D eigenvalue weighted by Gasteiger charge is -2.32. The second kappa shape index (κ2) is 7.20. The Bertz CT molecular complexity index is 572. The van der Waals surface area contributed by atoms with Gasteiger partial charge in [-0.3, -0.25) is 9.80 Å². The van der Waals surface area contributed by atoms with Crippen LogP contribution in [0.25, 0.3) is 0 Å². The summed E-state index contributed by atoms with van der Waals surface area (Å²) in [6, 6.07) is 7.54. The van der Waals surface area contributed by atoms with E-state index in [0.717, 1.165) is 37.8 Å². The molecule has 3 aliphatic heterocycles. The van der Waals surface area contributed by atoms with Gasteiger partial charge in [-0.05, 0) is 37.5 Å². The Kier molecular flexibility index (Phi) is 5.40. The van der Waals surface area contributed by atoms with Crippen LogP contribution in [0.2, 0.25) is 0 Å². The first-order valence-electron chi connectivity index (χ1n) is 9.07. The van der Waals surface area contributed by atoms with Crippen LogP contribution in [0.1, 0.15) is 31.4 Å². The standard InChI is InChI=1S/C19H29N3O.ClH/c1-19(2)12-16-11-15(3-4-18(16)23-19)13-21-8-5-17(14-21)22-9-6-20-7-10-22;/h3-4,11,17,20H,5-10,12-14H2,1-2H3;1H. The van der Waals surface area contributed by atoms with Crippen LogP contribution in [0, 0.1) is 0 Å². The molecule has 3 heterocycles. The molecule has 0 aromatic heterocycles. The van der Waals surface area contributed by atoms with Crippen molar-refractivity contribution in [3.05, 3.63) is 29.3 Å². The normalized spacial score (nSPS) is 26.7. The van der Waals surface area contributed by atoms with E-state index in [0.29, 0.717) is 0 Å². The van der Waals surface area contributed by atoms with Crippen LogP contribution in [0.15, 0.2) is 18.2 Å². The van der Waals surface area contributed by atoms with Crippen LogP contribution in [0.5, 0.6) is 5.75 Å². The second-order valence-electron chi connectivity index (χ2n) is 7.94. The number of hydrogen-bond donors (Lipinski definition) is 1. The van der Waals surface area contributed by atoms with E-state index >= 15 is 0 Å². The maximum absolute atomic E-state index is 5.99. The molecule has 0 saturated carbocycles. The molecule has 0 amide bonds. The Balaban J connectivity index is 0.00000169. The Morgan fingerprint density at radius 1 is 1.21 bits per heavy atom. The van der Waals surface area contributed by atoms with E-state index in [9.17, 15) is 0 Å². The molecule has 0 bridgehead atoms. The van der Waals surface area contributed by atoms with Crippen molar-refractivity contribution in [3.8, 4) is 5.75 Å². The zero-order valence-electron chi connectivity index (χ0n) is 14.9. The minimum Gasteiger partial charge on any atom is -0.487 e. The number of nitrogens with zero attached hydrogens (tertiary/aromatic N) is 2. The minimum absolute atomic E-state index is 0. The monoisotopic (exact) mass is 351 g/mol. The molecule has 4 nitrogen and oxygen atoms in total. The lowest BCUT2D eigenvalue weighted by atomic mass is 10.00. The molecule has 134 valence electrons. The van der Waals surface area contributed by atoms with Gasteiger partial charge in [0.2, 0.25) is 0 Å². The van der Waals surface area contributed by atoms with Crippen molar-refractivity contribution in [2.24, 2.45) is 0 Å². The van der Waals surface area contributed by atoms with Gasteiger partial charge in [0, 0.05) is 58.3 Å². The first-order valence-corrected chi connectivity index (χ1v) is 9.07. The van der Waals surface area contributed by atoms with Crippen molar-refractivity contribution in [3.63, 3.8) is 0 Å². The Hall–Kier alpha value is -0.810. The van der Waals surface area contributed by atoms with Gasteiger partial charge >= 0.3 is 0 Å². The molecule has 2 fully saturated rings. The van der Waals surface area contributed by atoms with Crippen LogP contribution >= 0.6 is 12.4 Å². The summed E-state index contributed by atoms with van der Waals surface area (Å²) in [5, 5.41) is 3.45. The summed E-state index contributed by atoms with van der Waals surface area (Å²) in [5.41, 5.74) is 2.78. The fourth-order valence-electron chi connectivity index (χ4n) is 4.32. The molecule has 1 aromatic rings. The highest BCUT2D eigenvalue weighted by Gasteiger charge is 2.31. The maximum Gasteiger partial charge on any atom is 0.123 e. The van der Waals surface area contributed by atoms with Crippen LogP contribution in [-0.2, 0) is 13.0 Å². The van der Waals surface area contributed by atoms with E-state index < -0.39 is 0 Å². The number of halogens is 1. The van der Waals surface area contributed by atoms with Crippen molar-refractivity contribution in [2.75, 3.05) is 39.3 Å². The predicted octanol–water partition coefficient (Wildman–Crippen LogP) is 2.30. The fourth-order valence-corrected chi connectivity index (χ4v) is 4.32. The molecular formula is C19H30ClN3O. The van der Waals surface area contributed by atoms with E-state index in [2.05, 4.69) is 47.2 Å². The van der Waals surface area contributed by atoms with Gasteiger partial charge in [-0.2, -0.15) is 0 Å². The second-order valence-corrected chi connectivity index (χ2v) is 7.94. The summed E-state index contributed by atoms with van der Waals surface area (Å²) >= 11 is 0. The lowest BCUT2D eigenvalue weighted by molar-refractivity contribution is 0.138. The van der Waals surface area contributed by atoms with Gasteiger partial charge < -0.3 is 10.1 Å². The van der Waals surface area contributed by atoms with Gasteiger partial charge in [-0.25, -0.2) is 0 Å². The van der Waals surface area contributed by atoms with Crippen molar-refractivity contribution in [1.82, 2.24) is 15.1 Å². The van der Waals surface area contributed by atoms with Gasteiger partial charge in [0.25, 0.3) is 0 Å². The van der Waals surface area contributed by atoms with Gasteiger partial charge in [-0.1, -0.05) is 12.1 Å². The Morgan fingerprint density at radius 2 is 2.00 bits per heavy atom. The summed E-state index contributed by atoms with van der Waals surface area (Å²) < 4.78 is 5.99. The molecule has 5 heteroatoms. The highest BCUT2D eigenvalue weighted by atomic mass is 35.5. The number of piperazine rings is 1. The zero-order valence-corrected chi connectivity index (χ0v) is 15.7. The summed E-state index contributed by atoms with van der Waals surface area (Å²) in [7, 11) is 0. The number of benzene rings is 1. The number of ether oxygens (including phenoxy) is 1. The number of hydrogen-bond acceptors (Lipinski definition) is 4. The molecule has 1 N–H and O–H groups in total. The molecule has 2 saturated heterocycles. The van der Waals surface area contributed by atoms with Crippen molar-refractivity contribution < 1.29 is 4.74 Å². The van der Waals surface area contributed by atoms with E-state index in [1.807, 2.05) is 0 Å². The van der Waals surface area contributed by atoms with Crippen molar-refractivity contribution in [1.29, 1.82) is 0 Å². The van der Waals surface area contributed by atoms with E-state index in [1.54, 1.807) is 0 Å². The first-order chi connectivity index (χ1) is 11.1. The highest BCUT2D eigenvalue weighted by Crippen LogP contribution is 2.35. The molecule has 1 unspecified atom stereocenters. The van der Waals surface area contributed by atoms with Crippen LogP contribution < -0.4 is 10.1 Å². The van der Waals surface area contributed by atoms with Crippen molar-refractivity contribution >= 4 is 12.4 Å². The molecule has 4 rings (SSSR count). The lowest BCUT2D eigenvalue weighted by Crippen LogP contribution is -2.49. The summed E-state index contributed by atoms with van der Waals surface area (Å²) in [4.78, 5) is 5.30. The molecule has 0 radical (unpaired) electrons. The van der Waals surface area contributed by atoms with E-state index in [-0.39, 0.29) is 18.0 Å². The molecule has 1 atom stereocenters. The number of nitrogens with one attached hydrogen (secondary N) is 1. The molecule has 3 aliphatic rings. The van der Waals surface area contributed by atoms with Gasteiger partial charge in [0.1, 0.15) is 11.4 Å². The predicted molar refractivity (Wildman–Crippen MR) is 100 cm³/mol. The highest BCUT2D eigenvalue weighted by molar-refractivity contribution is 5.85. The summed E-state index contributed by atoms with van der Waals surface area (Å²) in [5.74, 6) is 1.08. The fraction of sp³-hybridized carbons (Fsp3) is 0.684. The first kappa shape index (κ1) is 18.0. The third-order valence-electron chi connectivity index (χ3n) is 5.45. The molecular weight excluding hydrogens is 322 g/mol. The molecule has 24 heavy (non-hydrogen) atoms. The van der Waals surface area contributed by atoms with E-state index in [1.165, 1.54) is 43.7 Å². The Labute approximate surface area is 151 Å². The van der Waals surface area contributed by atoms with Crippen LogP contribution in [0.4, 0.5) is 0 Å². The van der Waals surface area contributed by atoms with Crippen molar-refractivity contribution in [2.45, 2.75) is 44.9 Å². The summed E-state index contributed by atoms with van der Waals surface area (Å²) in [6.07, 6.45) is 2.35. The average Bonchev–Trinajstić information content (AvgIpc) is 3.10. The molecule has 0 spiro atoms. The van der Waals surface area contributed by atoms with Gasteiger partial charge in [0.05, 0.1) is 0 Å². The zero-order chi connectivity index (χ0) is 15.9. The van der Waals surface area contributed by atoms with Crippen LogP contribution in [-0.4, -0.2) is 60.7 Å². The quantitative estimate of drug-likeness (QED) is 0.904. The van der Waals surface area contributed by atoms with Gasteiger partial charge in [0.15, 0.2) is 0 Å². The van der Waals surface area contributed by atoms with E-state index in [4.69, 9.17) is 4.74 Å². The van der Waals surface area contributed by atoms with Gasteiger partial charge in [-0.15, -0.1) is 12.4 Å². The minimum atomic E-state index is -0.0397. The topological polar surface area (TPSA) is 27.7 Å². The third kappa shape index (κ3) is 3.88. The largest absolute Gasteiger partial charge is 0.487 e. The number of likely N-dealkylation sites (tertiary alicyclic amines) is 1. The molecule has 1 aromatic carbocycles. The SMILES string of the molecule is CC1(C)Cc2cc(CN3CCC(N4CCNCC4)C3)ccc2O1.Cl. The smallest absolute Gasteiger partial charge is 0.123 e. The number of rotatable bonds is 3. The van der Waals surface area contributed by atoms with Crippen LogP contribution in [0.3, 0.4) is 0 Å². The maximum atomic E-state index is 5.99. The third-order valence-corrected chi connectivity index (χ3v) is 5.45. The average molecular weight is 352 g/mol. The number of fused-ring (bicyclic) bond motifs is 1.